The molecule has 1 aromatic carbocycles. The minimum atomic E-state index is -4.77. The summed E-state index contributed by atoms with van der Waals surface area (Å²) in [5, 5.41) is 0. The number of nitrogens with two attached hydrogens (primary N) is 1. The molecule has 1 heterocycles. The molecule has 0 aliphatic rings. The first kappa shape index (κ1) is 13.1. The molecule has 0 amide bonds. The maximum Gasteiger partial charge on any atom is 0.573 e. The van der Waals surface area contributed by atoms with Crippen molar-refractivity contribution in [1.29, 1.82) is 0 Å². The van der Waals surface area contributed by atoms with E-state index in [9.17, 15) is 17.6 Å². The second kappa shape index (κ2) is 4.75. The normalized spacial score (nSPS) is 11.4. The molecule has 0 spiro atoms. The van der Waals surface area contributed by atoms with Crippen molar-refractivity contribution < 1.29 is 22.3 Å². The lowest BCUT2D eigenvalue weighted by Gasteiger charge is -2.10. The van der Waals surface area contributed by atoms with Gasteiger partial charge in [0.2, 0.25) is 5.95 Å². The summed E-state index contributed by atoms with van der Waals surface area (Å²) in [4.78, 5) is 3.40. The van der Waals surface area contributed by atoms with Crippen LogP contribution in [-0.4, -0.2) is 11.3 Å². The van der Waals surface area contributed by atoms with Crippen molar-refractivity contribution in [3.63, 3.8) is 0 Å². The number of hydrogen-bond acceptors (Lipinski definition) is 3. The molecule has 0 bridgehead atoms. The zero-order chi connectivity index (χ0) is 14.0. The van der Waals surface area contributed by atoms with Crippen molar-refractivity contribution in [2.24, 2.45) is 0 Å². The third-order valence-corrected chi connectivity index (χ3v) is 2.27. The van der Waals surface area contributed by atoms with Crippen LogP contribution in [0, 0.1) is 5.95 Å². The van der Waals surface area contributed by atoms with Crippen LogP contribution in [0.25, 0.3) is 11.1 Å². The van der Waals surface area contributed by atoms with E-state index in [1.54, 1.807) is 0 Å². The minimum absolute atomic E-state index is 0.181. The second-order valence-electron chi connectivity index (χ2n) is 3.68. The Morgan fingerprint density at radius 2 is 1.84 bits per heavy atom. The minimum Gasteiger partial charge on any atom is -0.406 e. The molecule has 3 nitrogen and oxygen atoms in total. The maximum atomic E-state index is 12.9. The lowest BCUT2D eigenvalue weighted by Crippen LogP contribution is -2.17. The fourth-order valence-corrected chi connectivity index (χ4v) is 1.50. The Morgan fingerprint density at radius 3 is 2.47 bits per heavy atom. The highest BCUT2D eigenvalue weighted by Crippen LogP contribution is 2.28. The SMILES string of the molecule is Nc1cc(-c2cccc(OC(F)(F)F)c2)cnc1F. The summed E-state index contributed by atoms with van der Waals surface area (Å²) in [5.74, 6) is -1.20. The first-order chi connectivity index (χ1) is 8.85. The van der Waals surface area contributed by atoms with Gasteiger partial charge in [-0.15, -0.1) is 13.2 Å². The van der Waals surface area contributed by atoms with E-state index in [4.69, 9.17) is 5.73 Å². The smallest absolute Gasteiger partial charge is 0.406 e. The molecule has 7 heteroatoms. The van der Waals surface area contributed by atoms with Crippen molar-refractivity contribution in [2.45, 2.75) is 6.36 Å². The molecule has 2 rings (SSSR count). The van der Waals surface area contributed by atoms with Crippen molar-refractivity contribution in [3.05, 3.63) is 42.5 Å². The average Bonchev–Trinajstić information content (AvgIpc) is 2.31. The molecule has 1 aromatic heterocycles. The Morgan fingerprint density at radius 1 is 1.11 bits per heavy atom. The zero-order valence-corrected chi connectivity index (χ0v) is 9.41. The van der Waals surface area contributed by atoms with Crippen molar-refractivity contribution in [1.82, 2.24) is 4.98 Å². The Bertz CT molecular complexity index is 599. The van der Waals surface area contributed by atoms with Crippen LogP contribution in [0.5, 0.6) is 5.75 Å². The molecule has 0 atom stereocenters. The van der Waals surface area contributed by atoms with Crippen molar-refractivity contribution in [3.8, 4) is 16.9 Å². The number of aromatic nitrogens is 1. The standard InChI is InChI=1S/C12H8F4N2O/c13-11-10(17)5-8(6-18-11)7-2-1-3-9(4-7)19-12(14,15)16/h1-6H,17H2. The van der Waals surface area contributed by atoms with E-state index < -0.39 is 12.3 Å². The Labute approximate surface area is 105 Å². The summed E-state index contributed by atoms with van der Waals surface area (Å²) in [7, 11) is 0. The summed E-state index contributed by atoms with van der Waals surface area (Å²) >= 11 is 0. The topological polar surface area (TPSA) is 48.1 Å². The molecule has 2 N–H and O–H groups in total. The van der Waals surface area contributed by atoms with Crippen molar-refractivity contribution in [2.75, 3.05) is 5.73 Å². The third kappa shape index (κ3) is 3.34. The zero-order valence-electron chi connectivity index (χ0n) is 9.41. The number of nitrogen functional groups attached to an aromatic ring is 1. The molecular formula is C12H8F4N2O. The predicted octanol–water partition coefficient (Wildman–Crippen LogP) is 3.37. The molecule has 0 aliphatic heterocycles. The van der Waals surface area contributed by atoms with Gasteiger partial charge in [0.15, 0.2) is 0 Å². The average molecular weight is 272 g/mol. The Hall–Kier alpha value is -2.31. The van der Waals surface area contributed by atoms with Gasteiger partial charge in [0.05, 0.1) is 5.69 Å². The summed E-state index contributed by atoms with van der Waals surface area (Å²) < 4.78 is 53.0. The Balaban J connectivity index is 2.35. The molecule has 0 radical (unpaired) electrons. The number of benzene rings is 1. The van der Waals surface area contributed by atoms with Crippen LogP contribution in [-0.2, 0) is 0 Å². The van der Waals surface area contributed by atoms with Gasteiger partial charge in [-0.3, -0.25) is 0 Å². The number of pyridine rings is 1. The van der Waals surface area contributed by atoms with E-state index in [0.29, 0.717) is 11.1 Å². The molecular weight excluding hydrogens is 264 g/mol. The van der Waals surface area contributed by atoms with E-state index in [1.807, 2.05) is 0 Å². The second-order valence-corrected chi connectivity index (χ2v) is 3.68. The predicted molar refractivity (Wildman–Crippen MR) is 60.7 cm³/mol. The van der Waals surface area contributed by atoms with E-state index in [1.165, 1.54) is 30.5 Å². The maximum absolute atomic E-state index is 12.9. The van der Waals surface area contributed by atoms with E-state index in [-0.39, 0.29) is 11.4 Å². The van der Waals surface area contributed by atoms with Crippen LogP contribution in [0.2, 0.25) is 0 Å². The number of rotatable bonds is 2. The largest absolute Gasteiger partial charge is 0.573 e. The van der Waals surface area contributed by atoms with Gasteiger partial charge >= 0.3 is 6.36 Å². The van der Waals surface area contributed by atoms with Gasteiger partial charge in [-0.1, -0.05) is 12.1 Å². The first-order valence-corrected chi connectivity index (χ1v) is 5.12. The van der Waals surface area contributed by atoms with Crippen LogP contribution in [0.3, 0.4) is 0 Å². The van der Waals surface area contributed by atoms with Gasteiger partial charge in [-0.25, -0.2) is 4.98 Å². The van der Waals surface area contributed by atoms with Gasteiger partial charge in [-0.05, 0) is 23.8 Å². The third-order valence-electron chi connectivity index (χ3n) is 2.27. The fourth-order valence-electron chi connectivity index (χ4n) is 1.50. The van der Waals surface area contributed by atoms with Gasteiger partial charge in [0.25, 0.3) is 0 Å². The molecule has 0 fully saturated rings. The molecule has 0 aliphatic carbocycles. The molecule has 100 valence electrons. The number of alkyl halides is 3. The molecule has 2 aromatic rings. The van der Waals surface area contributed by atoms with E-state index >= 15 is 0 Å². The highest BCUT2D eigenvalue weighted by atomic mass is 19.4. The van der Waals surface area contributed by atoms with Gasteiger partial charge in [-0.2, -0.15) is 4.39 Å². The number of hydrogen-bond donors (Lipinski definition) is 1. The summed E-state index contributed by atoms with van der Waals surface area (Å²) in [6.07, 6.45) is -3.59. The van der Waals surface area contributed by atoms with Crippen LogP contribution in [0.15, 0.2) is 36.5 Å². The lowest BCUT2D eigenvalue weighted by atomic mass is 10.1. The van der Waals surface area contributed by atoms with Crippen LogP contribution < -0.4 is 10.5 Å². The number of ether oxygens (including phenoxy) is 1. The highest BCUT2D eigenvalue weighted by molar-refractivity contribution is 5.67. The van der Waals surface area contributed by atoms with Crippen molar-refractivity contribution >= 4 is 5.69 Å². The summed E-state index contributed by atoms with van der Waals surface area (Å²) in [6, 6.07) is 6.54. The molecule has 0 saturated heterocycles. The first-order valence-electron chi connectivity index (χ1n) is 5.12. The lowest BCUT2D eigenvalue weighted by molar-refractivity contribution is -0.274. The summed E-state index contributed by atoms with van der Waals surface area (Å²) in [5.41, 5.74) is 5.95. The van der Waals surface area contributed by atoms with E-state index in [2.05, 4.69) is 9.72 Å². The van der Waals surface area contributed by atoms with Crippen LogP contribution in [0.4, 0.5) is 23.2 Å². The quantitative estimate of drug-likeness (QED) is 0.673. The Kier molecular flexibility index (Phi) is 3.28. The molecule has 0 unspecified atom stereocenters. The fraction of sp³-hybridized carbons (Fsp3) is 0.0833. The van der Waals surface area contributed by atoms with Gasteiger partial charge in [0.1, 0.15) is 5.75 Å². The molecule has 19 heavy (non-hydrogen) atoms. The number of halogens is 4. The number of anilines is 1. The number of nitrogens with zero attached hydrogens (tertiary/aromatic N) is 1. The van der Waals surface area contributed by atoms with Gasteiger partial charge < -0.3 is 10.5 Å². The molecule has 0 saturated carbocycles. The van der Waals surface area contributed by atoms with Gasteiger partial charge in [0, 0.05) is 11.8 Å². The van der Waals surface area contributed by atoms with Crippen LogP contribution in [0.1, 0.15) is 0 Å². The summed E-state index contributed by atoms with van der Waals surface area (Å²) in [6.45, 7) is 0. The van der Waals surface area contributed by atoms with Crippen LogP contribution >= 0.6 is 0 Å². The highest BCUT2D eigenvalue weighted by Gasteiger charge is 2.31. The monoisotopic (exact) mass is 272 g/mol. The van der Waals surface area contributed by atoms with E-state index in [0.717, 1.165) is 6.07 Å².